The lowest BCUT2D eigenvalue weighted by Gasteiger charge is -2.17. The van der Waals surface area contributed by atoms with Gasteiger partial charge in [0.2, 0.25) is 11.8 Å². The molecule has 26 heavy (non-hydrogen) atoms. The van der Waals surface area contributed by atoms with Crippen LogP contribution in [0.3, 0.4) is 0 Å². The molecular formula is C20H20N2O4. The molecule has 1 heterocycles. The molecular weight excluding hydrogens is 332 g/mol. The molecule has 3 rings (SSSR count). The third-order valence-corrected chi connectivity index (χ3v) is 4.50. The maximum atomic E-state index is 12.6. The Bertz CT molecular complexity index is 874. The zero-order chi connectivity index (χ0) is 18.8. The zero-order valence-corrected chi connectivity index (χ0v) is 14.7. The van der Waals surface area contributed by atoms with E-state index in [9.17, 15) is 19.5 Å². The van der Waals surface area contributed by atoms with Crippen LogP contribution >= 0.6 is 0 Å². The number of nitrogens with zero attached hydrogens (tertiary/aromatic N) is 1. The van der Waals surface area contributed by atoms with Crippen LogP contribution < -0.4 is 10.2 Å². The van der Waals surface area contributed by atoms with Crippen molar-refractivity contribution in [1.29, 1.82) is 0 Å². The van der Waals surface area contributed by atoms with Crippen molar-refractivity contribution in [2.75, 3.05) is 16.8 Å². The number of carbonyl (C=O) groups excluding carboxylic acids is 2. The summed E-state index contributed by atoms with van der Waals surface area (Å²) in [6.07, 6.45) is 0.105. The van der Waals surface area contributed by atoms with Gasteiger partial charge in [-0.3, -0.25) is 9.59 Å². The van der Waals surface area contributed by atoms with Crippen LogP contribution in [0.4, 0.5) is 11.4 Å². The Hall–Kier alpha value is -3.15. The maximum Gasteiger partial charge on any atom is 0.337 e. The topological polar surface area (TPSA) is 86.7 Å². The molecule has 1 saturated heterocycles. The van der Waals surface area contributed by atoms with Crippen molar-refractivity contribution in [3.63, 3.8) is 0 Å². The summed E-state index contributed by atoms with van der Waals surface area (Å²) in [5, 5.41) is 12.0. The highest BCUT2D eigenvalue weighted by atomic mass is 16.4. The summed E-state index contributed by atoms with van der Waals surface area (Å²) in [5.41, 5.74) is 2.93. The van der Waals surface area contributed by atoms with Crippen LogP contribution in [0.1, 0.15) is 27.9 Å². The average Bonchev–Trinajstić information content (AvgIpc) is 2.99. The van der Waals surface area contributed by atoms with Gasteiger partial charge in [-0.2, -0.15) is 0 Å². The number of carbonyl (C=O) groups is 3. The van der Waals surface area contributed by atoms with Gasteiger partial charge in [0.25, 0.3) is 0 Å². The third-order valence-electron chi connectivity index (χ3n) is 4.50. The number of anilines is 2. The molecule has 1 fully saturated rings. The first-order chi connectivity index (χ1) is 12.3. The summed E-state index contributed by atoms with van der Waals surface area (Å²) < 4.78 is 0. The van der Waals surface area contributed by atoms with Crippen LogP contribution in [0.25, 0.3) is 0 Å². The first-order valence-electron chi connectivity index (χ1n) is 8.37. The molecule has 2 aromatic carbocycles. The predicted octanol–water partition coefficient (Wildman–Crippen LogP) is 2.99. The Kier molecular flexibility index (Phi) is 4.75. The number of nitrogens with one attached hydrogen (secondary N) is 1. The number of carboxylic acid groups (broad SMARTS) is 1. The molecule has 2 amide bonds. The first kappa shape index (κ1) is 17.7. The fourth-order valence-electron chi connectivity index (χ4n) is 3.04. The quantitative estimate of drug-likeness (QED) is 0.886. The third kappa shape index (κ3) is 3.59. The first-order valence-corrected chi connectivity index (χ1v) is 8.37. The lowest BCUT2D eigenvalue weighted by atomic mass is 10.1. The Labute approximate surface area is 151 Å². The molecule has 1 atom stereocenters. The lowest BCUT2D eigenvalue weighted by Crippen LogP contribution is -2.28. The van der Waals surface area contributed by atoms with E-state index in [1.807, 2.05) is 31.2 Å². The summed E-state index contributed by atoms with van der Waals surface area (Å²) in [4.78, 5) is 37.8. The van der Waals surface area contributed by atoms with E-state index in [4.69, 9.17) is 0 Å². The van der Waals surface area contributed by atoms with E-state index in [-0.39, 0.29) is 36.0 Å². The van der Waals surface area contributed by atoms with E-state index in [2.05, 4.69) is 5.32 Å². The highest BCUT2D eigenvalue weighted by Gasteiger charge is 2.35. The maximum absolute atomic E-state index is 12.6. The molecule has 1 aliphatic heterocycles. The van der Waals surface area contributed by atoms with Crippen LogP contribution in [-0.4, -0.2) is 29.4 Å². The van der Waals surface area contributed by atoms with Crippen molar-refractivity contribution in [3.05, 3.63) is 59.2 Å². The van der Waals surface area contributed by atoms with Crippen LogP contribution in [0.5, 0.6) is 0 Å². The second-order valence-corrected chi connectivity index (χ2v) is 6.58. The number of amides is 2. The van der Waals surface area contributed by atoms with Crippen molar-refractivity contribution >= 4 is 29.2 Å². The molecule has 1 aliphatic rings. The van der Waals surface area contributed by atoms with Gasteiger partial charge >= 0.3 is 5.97 Å². The number of aromatic carboxylic acids is 1. The van der Waals surface area contributed by atoms with E-state index in [1.54, 1.807) is 24.0 Å². The number of hydrogen-bond acceptors (Lipinski definition) is 3. The molecule has 0 saturated carbocycles. The van der Waals surface area contributed by atoms with Gasteiger partial charge in [-0.25, -0.2) is 4.79 Å². The van der Waals surface area contributed by atoms with E-state index in [0.717, 1.165) is 16.8 Å². The molecule has 6 heteroatoms. The standard InChI is InChI=1S/C20H20N2O4/c1-12-3-6-15(7-4-12)22-11-14(10-18(22)23)19(24)21-17-8-5-13(2)9-16(17)20(25)26/h3-9,14H,10-11H2,1-2H3,(H,21,24)(H,25,26). The van der Waals surface area contributed by atoms with E-state index in [1.165, 1.54) is 6.07 Å². The van der Waals surface area contributed by atoms with Crippen molar-refractivity contribution in [2.24, 2.45) is 5.92 Å². The highest BCUT2D eigenvalue weighted by Crippen LogP contribution is 2.27. The summed E-state index contributed by atoms with van der Waals surface area (Å²) in [5.74, 6) is -2.09. The molecule has 0 aliphatic carbocycles. The number of hydrogen-bond donors (Lipinski definition) is 2. The predicted molar refractivity (Wildman–Crippen MR) is 98.4 cm³/mol. The molecule has 0 aromatic heterocycles. The number of carboxylic acids is 1. The summed E-state index contributed by atoms with van der Waals surface area (Å²) in [6.45, 7) is 4.03. The van der Waals surface area contributed by atoms with E-state index >= 15 is 0 Å². The Morgan fingerprint density at radius 1 is 1.08 bits per heavy atom. The minimum absolute atomic E-state index is 0.0399. The van der Waals surface area contributed by atoms with Crippen molar-refractivity contribution in [3.8, 4) is 0 Å². The van der Waals surface area contributed by atoms with Gasteiger partial charge < -0.3 is 15.3 Å². The van der Waals surface area contributed by atoms with Crippen LogP contribution in [0.2, 0.25) is 0 Å². The van der Waals surface area contributed by atoms with Crippen LogP contribution in [-0.2, 0) is 9.59 Å². The van der Waals surface area contributed by atoms with Crippen LogP contribution in [0, 0.1) is 19.8 Å². The highest BCUT2D eigenvalue weighted by molar-refractivity contribution is 6.06. The minimum atomic E-state index is -1.10. The molecule has 2 N–H and O–H groups in total. The smallest absolute Gasteiger partial charge is 0.337 e. The lowest BCUT2D eigenvalue weighted by molar-refractivity contribution is -0.122. The molecule has 2 aromatic rings. The van der Waals surface area contributed by atoms with Gasteiger partial charge in [-0.05, 0) is 38.1 Å². The summed E-state index contributed by atoms with van der Waals surface area (Å²) >= 11 is 0. The van der Waals surface area contributed by atoms with Gasteiger partial charge in [0, 0.05) is 18.7 Å². The Balaban J connectivity index is 1.75. The fourth-order valence-corrected chi connectivity index (χ4v) is 3.04. The minimum Gasteiger partial charge on any atom is -0.478 e. The monoisotopic (exact) mass is 352 g/mol. The molecule has 6 nitrogen and oxygen atoms in total. The van der Waals surface area contributed by atoms with Gasteiger partial charge in [-0.1, -0.05) is 29.3 Å². The average molecular weight is 352 g/mol. The molecule has 134 valence electrons. The van der Waals surface area contributed by atoms with E-state index < -0.39 is 11.9 Å². The zero-order valence-electron chi connectivity index (χ0n) is 14.7. The van der Waals surface area contributed by atoms with Crippen molar-refractivity contribution in [1.82, 2.24) is 0 Å². The molecule has 0 bridgehead atoms. The van der Waals surface area contributed by atoms with Gasteiger partial charge in [0.1, 0.15) is 0 Å². The normalized spacial score (nSPS) is 16.6. The Morgan fingerprint density at radius 2 is 1.73 bits per heavy atom. The second-order valence-electron chi connectivity index (χ2n) is 6.58. The van der Waals surface area contributed by atoms with Gasteiger partial charge in [-0.15, -0.1) is 0 Å². The van der Waals surface area contributed by atoms with Crippen LogP contribution in [0.15, 0.2) is 42.5 Å². The number of rotatable bonds is 4. The fraction of sp³-hybridized carbons (Fsp3) is 0.250. The van der Waals surface area contributed by atoms with E-state index in [0.29, 0.717) is 0 Å². The molecule has 0 radical (unpaired) electrons. The van der Waals surface area contributed by atoms with Gasteiger partial charge in [0.15, 0.2) is 0 Å². The second kappa shape index (κ2) is 7.00. The summed E-state index contributed by atoms with van der Waals surface area (Å²) in [6, 6.07) is 12.4. The number of benzene rings is 2. The molecule has 0 spiro atoms. The molecule has 1 unspecified atom stereocenters. The van der Waals surface area contributed by atoms with Gasteiger partial charge in [0.05, 0.1) is 17.2 Å². The largest absolute Gasteiger partial charge is 0.478 e. The van der Waals surface area contributed by atoms with Crippen molar-refractivity contribution in [2.45, 2.75) is 20.3 Å². The summed E-state index contributed by atoms with van der Waals surface area (Å²) in [7, 11) is 0. The van der Waals surface area contributed by atoms with Crippen molar-refractivity contribution < 1.29 is 19.5 Å². The number of aryl methyl sites for hydroxylation is 2. The Morgan fingerprint density at radius 3 is 2.38 bits per heavy atom. The SMILES string of the molecule is Cc1ccc(N2CC(C(=O)Nc3ccc(C)cc3C(=O)O)CC2=O)cc1.